The summed E-state index contributed by atoms with van der Waals surface area (Å²) in [6.45, 7) is 2.67. The number of carbonyl (C=O) groups is 1. The molecule has 0 unspecified atom stereocenters. The van der Waals surface area contributed by atoms with Crippen molar-refractivity contribution < 1.29 is 4.79 Å². The zero-order chi connectivity index (χ0) is 13.7. The van der Waals surface area contributed by atoms with Gasteiger partial charge in [0.1, 0.15) is 5.82 Å². The molecule has 0 fully saturated rings. The Hall–Kier alpha value is -2.50. The molecular formula is C13H15N5O. The highest BCUT2D eigenvalue weighted by atomic mass is 16.1. The summed E-state index contributed by atoms with van der Waals surface area (Å²) in [5.41, 5.74) is 7.40. The van der Waals surface area contributed by atoms with E-state index in [4.69, 9.17) is 5.73 Å². The van der Waals surface area contributed by atoms with E-state index < -0.39 is 5.91 Å². The summed E-state index contributed by atoms with van der Waals surface area (Å²) in [7, 11) is 0. The number of anilines is 1. The highest BCUT2D eigenvalue weighted by Crippen LogP contribution is 2.04. The van der Waals surface area contributed by atoms with Gasteiger partial charge in [0.05, 0.1) is 0 Å². The first-order chi connectivity index (χ1) is 9.15. The lowest BCUT2D eigenvalue weighted by molar-refractivity contribution is 0.0994. The normalized spacial score (nSPS) is 10.2. The molecule has 0 bridgehead atoms. The van der Waals surface area contributed by atoms with Crippen molar-refractivity contribution in [2.75, 3.05) is 11.9 Å². The number of amides is 1. The van der Waals surface area contributed by atoms with Gasteiger partial charge < -0.3 is 11.1 Å². The second kappa shape index (κ2) is 5.90. The summed E-state index contributed by atoms with van der Waals surface area (Å²) >= 11 is 0. The van der Waals surface area contributed by atoms with Crippen LogP contribution < -0.4 is 11.1 Å². The molecule has 2 rings (SSSR count). The van der Waals surface area contributed by atoms with Crippen LogP contribution in [0.2, 0.25) is 0 Å². The van der Waals surface area contributed by atoms with Crippen molar-refractivity contribution in [2.24, 2.45) is 5.73 Å². The Morgan fingerprint density at radius 2 is 2.11 bits per heavy atom. The minimum absolute atomic E-state index is 0.160. The number of nitrogens with two attached hydrogens (primary N) is 1. The lowest BCUT2D eigenvalue weighted by Gasteiger charge is -2.05. The van der Waals surface area contributed by atoms with E-state index in [0.29, 0.717) is 5.82 Å². The second-order valence-electron chi connectivity index (χ2n) is 4.15. The third-order valence-corrected chi connectivity index (χ3v) is 2.61. The third kappa shape index (κ3) is 3.74. The molecule has 0 aliphatic carbocycles. The third-order valence-electron chi connectivity index (χ3n) is 2.61. The molecule has 19 heavy (non-hydrogen) atoms. The lowest BCUT2D eigenvalue weighted by Crippen LogP contribution is -2.14. The van der Waals surface area contributed by atoms with Gasteiger partial charge in [0.15, 0.2) is 5.69 Å². The maximum Gasteiger partial charge on any atom is 0.269 e. The van der Waals surface area contributed by atoms with Gasteiger partial charge in [-0.25, -0.2) is 0 Å². The summed E-state index contributed by atoms with van der Waals surface area (Å²) in [6, 6.07) is 7.26. The van der Waals surface area contributed by atoms with Gasteiger partial charge in [-0.05, 0) is 37.1 Å². The molecule has 2 aromatic rings. The van der Waals surface area contributed by atoms with Gasteiger partial charge >= 0.3 is 0 Å². The number of hydrogen-bond donors (Lipinski definition) is 2. The lowest BCUT2D eigenvalue weighted by atomic mass is 10.2. The fraction of sp³-hybridized carbons (Fsp3) is 0.231. The van der Waals surface area contributed by atoms with Gasteiger partial charge in [0, 0.05) is 18.4 Å². The van der Waals surface area contributed by atoms with Crippen LogP contribution in [0.4, 0.5) is 5.82 Å². The molecule has 3 N–H and O–H groups in total. The maximum absolute atomic E-state index is 10.8. The van der Waals surface area contributed by atoms with Crippen LogP contribution in [0.25, 0.3) is 0 Å². The Balaban J connectivity index is 1.85. The second-order valence-corrected chi connectivity index (χ2v) is 4.15. The van der Waals surface area contributed by atoms with Crippen molar-refractivity contribution >= 4 is 11.7 Å². The highest BCUT2D eigenvalue weighted by molar-refractivity contribution is 5.90. The van der Waals surface area contributed by atoms with Crippen LogP contribution in [0.15, 0.2) is 30.5 Å². The average Bonchev–Trinajstić information content (AvgIpc) is 2.41. The fourth-order valence-electron chi connectivity index (χ4n) is 1.54. The number of rotatable bonds is 5. The van der Waals surface area contributed by atoms with Gasteiger partial charge in [-0.3, -0.25) is 9.78 Å². The molecule has 2 heterocycles. The summed E-state index contributed by atoms with van der Waals surface area (Å²) in [6.07, 6.45) is 2.70. The van der Waals surface area contributed by atoms with Crippen molar-refractivity contribution in [3.8, 4) is 0 Å². The van der Waals surface area contributed by atoms with E-state index in [9.17, 15) is 4.79 Å². The van der Waals surface area contributed by atoms with Crippen molar-refractivity contribution in [3.63, 3.8) is 0 Å². The zero-order valence-electron chi connectivity index (χ0n) is 10.6. The molecule has 98 valence electrons. The molecule has 0 atom stereocenters. The molecule has 0 radical (unpaired) electrons. The van der Waals surface area contributed by atoms with Gasteiger partial charge in [0.25, 0.3) is 5.91 Å². The quantitative estimate of drug-likeness (QED) is 0.831. The number of aromatic nitrogens is 3. The zero-order valence-corrected chi connectivity index (χ0v) is 10.6. The van der Waals surface area contributed by atoms with E-state index in [0.717, 1.165) is 24.2 Å². The molecule has 0 aliphatic rings. The highest BCUT2D eigenvalue weighted by Gasteiger charge is 2.02. The van der Waals surface area contributed by atoms with Gasteiger partial charge in [-0.15, -0.1) is 10.2 Å². The number of nitrogens with zero attached hydrogens (tertiary/aromatic N) is 3. The Kier molecular flexibility index (Phi) is 4.02. The molecule has 6 heteroatoms. The Morgan fingerprint density at radius 3 is 2.68 bits per heavy atom. The van der Waals surface area contributed by atoms with E-state index in [1.165, 1.54) is 0 Å². The van der Waals surface area contributed by atoms with Crippen molar-refractivity contribution in [3.05, 3.63) is 47.4 Å². The topological polar surface area (TPSA) is 93.8 Å². The van der Waals surface area contributed by atoms with Gasteiger partial charge in [-0.2, -0.15) is 0 Å². The van der Waals surface area contributed by atoms with E-state index in [2.05, 4.69) is 20.5 Å². The number of aryl methyl sites for hydroxylation is 1. The van der Waals surface area contributed by atoms with Crippen LogP contribution in [0, 0.1) is 6.92 Å². The molecule has 1 amide bonds. The van der Waals surface area contributed by atoms with Crippen LogP contribution in [-0.4, -0.2) is 27.6 Å². The van der Waals surface area contributed by atoms with E-state index in [-0.39, 0.29) is 5.69 Å². The molecule has 0 aliphatic heterocycles. The van der Waals surface area contributed by atoms with Crippen LogP contribution in [-0.2, 0) is 6.42 Å². The van der Waals surface area contributed by atoms with E-state index in [1.54, 1.807) is 12.1 Å². The molecule has 2 aromatic heterocycles. The molecule has 0 spiro atoms. The summed E-state index contributed by atoms with van der Waals surface area (Å²) < 4.78 is 0. The Labute approximate surface area is 111 Å². The van der Waals surface area contributed by atoms with Crippen molar-refractivity contribution in [1.82, 2.24) is 15.2 Å². The Bertz CT molecular complexity index is 550. The molecular weight excluding hydrogens is 242 g/mol. The van der Waals surface area contributed by atoms with E-state index >= 15 is 0 Å². The summed E-state index contributed by atoms with van der Waals surface area (Å²) in [4.78, 5) is 15.1. The van der Waals surface area contributed by atoms with Crippen LogP contribution in [0.1, 0.15) is 21.7 Å². The molecule has 0 saturated heterocycles. The summed E-state index contributed by atoms with van der Waals surface area (Å²) in [5, 5.41) is 10.7. The number of nitrogens with one attached hydrogen (secondary N) is 1. The predicted molar refractivity (Wildman–Crippen MR) is 71.7 cm³/mol. The number of hydrogen-bond acceptors (Lipinski definition) is 5. The average molecular weight is 257 g/mol. The molecule has 6 nitrogen and oxygen atoms in total. The van der Waals surface area contributed by atoms with E-state index in [1.807, 2.05) is 25.3 Å². The number of primary amides is 1. The first kappa shape index (κ1) is 12.9. The van der Waals surface area contributed by atoms with Crippen LogP contribution >= 0.6 is 0 Å². The largest absolute Gasteiger partial charge is 0.368 e. The first-order valence-electron chi connectivity index (χ1n) is 5.94. The van der Waals surface area contributed by atoms with Gasteiger partial charge in [-0.1, -0.05) is 6.07 Å². The molecule has 0 aromatic carbocycles. The maximum atomic E-state index is 10.8. The first-order valence-corrected chi connectivity index (χ1v) is 5.94. The number of pyridine rings is 1. The fourth-order valence-corrected chi connectivity index (χ4v) is 1.54. The van der Waals surface area contributed by atoms with Gasteiger partial charge in [0.2, 0.25) is 0 Å². The minimum Gasteiger partial charge on any atom is -0.368 e. The summed E-state index contributed by atoms with van der Waals surface area (Å²) in [5.74, 6) is 0.0369. The van der Waals surface area contributed by atoms with Crippen molar-refractivity contribution in [1.29, 1.82) is 0 Å². The van der Waals surface area contributed by atoms with Crippen LogP contribution in [0.5, 0.6) is 0 Å². The minimum atomic E-state index is -0.579. The number of carbonyl (C=O) groups excluding carboxylic acids is 1. The standard InChI is InChI=1S/C13H15N5O/c1-9-2-3-10(8-16-9)6-7-15-12-5-4-11(13(14)19)17-18-12/h2-5,8H,6-7H2,1H3,(H2,14,19)(H,15,18). The monoisotopic (exact) mass is 257 g/mol. The molecule has 0 saturated carbocycles. The van der Waals surface area contributed by atoms with Crippen molar-refractivity contribution in [2.45, 2.75) is 13.3 Å². The smallest absolute Gasteiger partial charge is 0.269 e. The predicted octanol–water partition coefficient (Wildman–Crippen LogP) is 0.934. The van der Waals surface area contributed by atoms with Crippen LogP contribution in [0.3, 0.4) is 0 Å². The SMILES string of the molecule is Cc1ccc(CCNc2ccc(C(N)=O)nn2)cn1. The Morgan fingerprint density at radius 1 is 1.26 bits per heavy atom.